The van der Waals surface area contributed by atoms with Crippen molar-refractivity contribution in [2.75, 3.05) is 4.90 Å². The number of ether oxygens (including phenoxy) is 2. The van der Waals surface area contributed by atoms with Crippen molar-refractivity contribution >= 4 is 5.82 Å². The van der Waals surface area contributed by atoms with Crippen molar-refractivity contribution in [1.29, 1.82) is 0 Å². The van der Waals surface area contributed by atoms with Crippen molar-refractivity contribution in [2.24, 2.45) is 23.7 Å². The van der Waals surface area contributed by atoms with E-state index in [4.69, 9.17) is 14.5 Å². The van der Waals surface area contributed by atoms with Gasteiger partial charge in [-0.2, -0.15) is 0 Å². The molecule has 0 radical (unpaired) electrons. The lowest BCUT2D eigenvalue weighted by Crippen LogP contribution is -2.79. The molecule has 0 bridgehead atoms. The first-order valence-corrected chi connectivity index (χ1v) is 25.0. The minimum atomic E-state index is 0.408. The van der Waals surface area contributed by atoms with Crippen LogP contribution in [0.4, 0.5) is 5.82 Å². The Hall–Kier alpha value is -2.77. The molecule has 0 spiro atoms. The third-order valence-corrected chi connectivity index (χ3v) is 18.7. The quantitative estimate of drug-likeness (QED) is 0.263. The molecular formula is C53H68N4O2. The Labute approximate surface area is 353 Å². The van der Waals surface area contributed by atoms with Gasteiger partial charge in [-0.3, -0.25) is 9.80 Å². The zero-order valence-corrected chi connectivity index (χ0v) is 35.4. The summed E-state index contributed by atoms with van der Waals surface area (Å²) in [5.74, 6) is 4.20. The van der Waals surface area contributed by atoms with Crippen LogP contribution in [0.1, 0.15) is 128 Å². The highest BCUT2D eigenvalue weighted by atomic mass is 16.5. The molecule has 5 heterocycles. The van der Waals surface area contributed by atoms with Crippen LogP contribution in [0.3, 0.4) is 0 Å². The molecule has 16 unspecified atom stereocenters. The molecule has 6 saturated carbocycles. The van der Waals surface area contributed by atoms with Crippen LogP contribution in [0.25, 0.3) is 22.4 Å². The summed E-state index contributed by atoms with van der Waals surface area (Å²) in [5, 5.41) is 0. The Bertz CT molecular complexity index is 1920. The Balaban J connectivity index is 0.976. The number of fused-ring (bicyclic) bond motifs is 11. The van der Waals surface area contributed by atoms with E-state index < -0.39 is 0 Å². The van der Waals surface area contributed by atoms with E-state index in [1.807, 2.05) is 0 Å². The number of anilines is 1. The van der Waals surface area contributed by atoms with E-state index >= 15 is 0 Å². The molecule has 6 nitrogen and oxygen atoms in total. The van der Waals surface area contributed by atoms with Gasteiger partial charge in [-0.1, -0.05) is 112 Å². The fourth-order valence-corrected chi connectivity index (χ4v) is 16.7. The summed E-state index contributed by atoms with van der Waals surface area (Å²) in [6, 6.07) is 31.7. The number of aromatic nitrogens is 1. The minimum absolute atomic E-state index is 0.408. The van der Waals surface area contributed by atoms with Crippen LogP contribution < -0.4 is 4.90 Å². The number of pyridine rings is 1. The van der Waals surface area contributed by atoms with Crippen LogP contribution in [0.2, 0.25) is 0 Å². The summed E-state index contributed by atoms with van der Waals surface area (Å²) in [7, 11) is 0. The van der Waals surface area contributed by atoms with Gasteiger partial charge < -0.3 is 14.4 Å². The fourth-order valence-electron chi connectivity index (χ4n) is 16.7. The van der Waals surface area contributed by atoms with Crippen molar-refractivity contribution in [3.63, 3.8) is 0 Å². The molecule has 4 saturated heterocycles. The maximum atomic E-state index is 7.42. The second kappa shape index (κ2) is 15.0. The van der Waals surface area contributed by atoms with Crippen molar-refractivity contribution in [3.05, 3.63) is 72.8 Å². The number of benzene rings is 2. The molecule has 10 aliphatic rings. The second-order valence-corrected chi connectivity index (χ2v) is 21.3. The predicted octanol–water partition coefficient (Wildman–Crippen LogP) is 10.7. The summed E-state index contributed by atoms with van der Waals surface area (Å²) in [4.78, 5) is 15.5. The molecule has 3 aromatic rings. The van der Waals surface area contributed by atoms with Crippen LogP contribution >= 0.6 is 0 Å². The number of hydrogen-bond donors (Lipinski definition) is 0. The lowest BCUT2D eigenvalue weighted by Gasteiger charge is -2.68. The standard InChI is InChI=1S/C53H68N4O2/c1-3-15-33(16-4-1)35-29-40(34-17-5-2-6-18-34)54-51(30-35)55-41-22-8-7-19-36(41)39-31-45-46(32-44(39)55)57-43-24-10-12-26-48(43)59-50-28-14-21-38(53(50)57)37-20-13-27-49-52(37)56(45)42-23-9-11-25-47(42)58-49/h1-6,15-18,29-30,36-39,41-50,52-53H,7-14,19-28,31-32H2. The van der Waals surface area contributed by atoms with Crippen molar-refractivity contribution in [1.82, 2.24) is 14.8 Å². The predicted molar refractivity (Wildman–Crippen MR) is 235 cm³/mol. The van der Waals surface area contributed by atoms with E-state index in [-0.39, 0.29) is 0 Å². The molecule has 312 valence electrons. The second-order valence-electron chi connectivity index (χ2n) is 21.3. The van der Waals surface area contributed by atoms with Gasteiger partial charge in [0.05, 0.1) is 30.1 Å². The zero-order chi connectivity index (χ0) is 38.6. The van der Waals surface area contributed by atoms with Gasteiger partial charge in [-0.05, 0) is 124 Å². The van der Waals surface area contributed by atoms with Gasteiger partial charge in [0.15, 0.2) is 0 Å². The highest BCUT2D eigenvalue weighted by Gasteiger charge is 2.65. The molecule has 59 heavy (non-hydrogen) atoms. The van der Waals surface area contributed by atoms with Gasteiger partial charge in [0.2, 0.25) is 0 Å². The van der Waals surface area contributed by atoms with Crippen molar-refractivity contribution in [2.45, 2.75) is 201 Å². The minimum Gasteiger partial charge on any atom is -0.372 e. The molecule has 10 fully saturated rings. The topological polar surface area (TPSA) is 41.1 Å². The third kappa shape index (κ3) is 5.95. The largest absolute Gasteiger partial charge is 0.372 e. The number of hydrogen-bond acceptors (Lipinski definition) is 6. The molecule has 6 aliphatic carbocycles. The van der Waals surface area contributed by atoms with E-state index in [9.17, 15) is 0 Å². The summed E-state index contributed by atoms with van der Waals surface area (Å²) in [6.45, 7) is 0. The van der Waals surface area contributed by atoms with Crippen LogP contribution in [0.15, 0.2) is 72.8 Å². The van der Waals surface area contributed by atoms with Crippen molar-refractivity contribution in [3.8, 4) is 22.4 Å². The fraction of sp³-hybridized carbons (Fsp3) is 0.679. The molecule has 1 aromatic heterocycles. The van der Waals surface area contributed by atoms with Gasteiger partial charge >= 0.3 is 0 Å². The Morgan fingerprint density at radius 1 is 0.407 bits per heavy atom. The van der Waals surface area contributed by atoms with E-state index in [0.29, 0.717) is 72.8 Å². The van der Waals surface area contributed by atoms with Gasteiger partial charge in [0.25, 0.3) is 0 Å². The molecule has 0 N–H and O–H groups in total. The molecule has 6 heteroatoms. The first-order valence-electron chi connectivity index (χ1n) is 25.0. The van der Waals surface area contributed by atoms with Gasteiger partial charge in [-0.25, -0.2) is 4.98 Å². The van der Waals surface area contributed by atoms with E-state index in [2.05, 4.69) is 87.5 Å². The molecule has 0 amide bonds. The maximum Gasteiger partial charge on any atom is 0.130 e. The lowest BCUT2D eigenvalue weighted by molar-refractivity contribution is -0.265. The van der Waals surface area contributed by atoms with Crippen LogP contribution in [0, 0.1) is 23.7 Å². The molecule has 2 aromatic carbocycles. The zero-order valence-electron chi connectivity index (χ0n) is 35.4. The summed E-state index contributed by atoms with van der Waals surface area (Å²) >= 11 is 0. The van der Waals surface area contributed by atoms with Gasteiger partial charge in [0.1, 0.15) is 5.82 Å². The number of rotatable bonds is 3. The van der Waals surface area contributed by atoms with Crippen LogP contribution in [0.5, 0.6) is 0 Å². The Morgan fingerprint density at radius 2 is 0.932 bits per heavy atom. The van der Waals surface area contributed by atoms with Crippen molar-refractivity contribution < 1.29 is 9.47 Å². The maximum absolute atomic E-state index is 7.42. The molecular weight excluding hydrogens is 725 g/mol. The summed E-state index contributed by atoms with van der Waals surface area (Å²) in [5.41, 5.74) is 4.95. The van der Waals surface area contributed by atoms with E-state index in [1.54, 1.807) is 0 Å². The first kappa shape index (κ1) is 36.8. The SMILES string of the molecule is c1ccc(-c2cc(-c3ccccc3)nc(N3C4CCCCC4C4CC5C(CC43)N3C4CCCCC4OC4CCCC(C6CCCC7OC8CCCCC8N5C76)C43)c2)cc1. The van der Waals surface area contributed by atoms with E-state index in [1.165, 1.54) is 151 Å². The highest BCUT2D eigenvalue weighted by Crippen LogP contribution is 2.59. The molecule has 4 aliphatic heterocycles. The molecule has 16 atom stereocenters. The Kier molecular flexibility index (Phi) is 9.34. The summed E-state index contributed by atoms with van der Waals surface area (Å²) in [6.07, 6.45) is 28.5. The lowest BCUT2D eigenvalue weighted by atomic mass is 9.60. The average molecular weight is 793 g/mol. The molecule has 13 rings (SSSR count). The average Bonchev–Trinajstić information content (AvgIpc) is 3.62. The summed E-state index contributed by atoms with van der Waals surface area (Å²) < 4.78 is 14.8. The highest BCUT2D eigenvalue weighted by molar-refractivity contribution is 5.74. The smallest absolute Gasteiger partial charge is 0.130 e. The monoisotopic (exact) mass is 793 g/mol. The van der Waals surface area contributed by atoms with Crippen LogP contribution in [-0.4, -0.2) is 87.5 Å². The number of nitrogens with zero attached hydrogens (tertiary/aromatic N) is 4. The first-order chi connectivity index (χ1) is 29.3. The Morgan fingerprint density at radius 3 is 1.58 bits per heavy atom. The number of morpholine rings is 2. The van der Waals surface area contributed by atoms with Crippen LogP contribution in [-0.2, 0) is 9.47 Å². The van der Waals surface area contributed by atoms with E-state index in [0.717, 1.165) is 29.4 Å². The van der Waals surface area contributed by atoms with Gasteiger partial charge in [0, 0.05) is 53.9 Å². The normalized spacial score (nSPS) is 44.0. The third-order valence-electron chi connectivity index (χ3n) is 18.7. The van der Waals surface area contributed by atoms with Gasteiger partial charge in [-0.15, -0.1) is 0 Å².